The summed E-state index contributed by atoms with van der Waals surface area (Å²) in [5.41, 5.74) is 0. The molecule has 0 unspecified atom stereocenters. The van der Waals surface area contributed by atoms with Crippen molar-refractivity contribution in [3.05, 3.63) is 0 Å². The third-order valence-electron chi connectivity index (χ3n) is 15.2. The summed E-state index contributed by atoms with van der Waals surface area (Å²) in [5, 5.41) is 201. The first-order chi connectivity index (χ1) is 38.2. The molecule has 0 bridgehead atoms. The highest BCUT2D eigenvalue weighted by molar-refractivity contribution is 5.73. The van der Waals surface area contributed by atoms with E-state index < -0.39 is 253 Å². The molecule has 20 N–H and O–H groups in total. The summed E-state index contributed by atoms with van der Waals surface area (Å²) in [5.74, 6) is -1.76. The Morgan fingerprint density at radius 3 is 1.10 bits per heavy atom. The molecule has 7 aliphatic heterocycles. The van der Waals surface area contributed by atoms with Crippen LogP contribution in [0.5, 0.6) is 0 Å². The Morgan fingerprint density at radius 2 is 0.654 bits per heavy atom. The van der Waals surface area contributed by atoms with E-state index in [1.807, 2.05) is 0 Å². The summed E-state index contributed by atoms with van der Waals surface area (Å²) in [6, 6.07) is -3.67. The van der Waals surface area contributed by atoms with E-state index in [9.17, 15) is 102 Å². The molecule has 0 aromatic heterocycles. The van der Waals surface area contributed by atoms with Crippen LogP contribution in [0, 0.1) is 0 Å². The molecular weight excluding hydrogens is 1110 g/mol. The van der Waals surface area contributed by atoms with Crippen molar-refractivity contribution < 1.29 is 163 Å². The van der Waals surface area contributed by atoms with Crippen molar-refractivity contribution in [3.63, 3.8) is 0 Å². The van der Waals surface area contributed by atoms with Crippen LogP contribution in [0.3, 0.4) is 0 Å². The van der Waals surface area contributed by atoms with Gasteiger partial charge in [0.1, 0.15) is 152 Å². The lowest BCUT2D eigenvalue weighted by Crippen LogP contribution is -2.72. The van der Waals surface area contributed by atoms with Crippen molar-refractivity contribution in [1.29, 1.82) is 0 Å². The van der Waals surface area contributed by atoms with E-state index in [0.29, 0.717) is 0 Å². The Balaban J connectivity index is 1.26. The lowest BCUT2D eigenvalue weighted by molar-refractivity contribution is -0.401. The molecule has 0 aliphatic carbocycles. The van der Waals surface area contributed by atoms with Gasteiger partial charge < -0.3 is 164 Å². The van der Waals surface area contributed by atoms with E-state index in [1.165, 1.54) is 20.8 Å². The van der Waals surface area contributed by atoms with E-state index in [-0.39, 0.29) is 0 Å². The summed E-state index contributed by atoms with van der Waals surface area (Å²) in [4.78, 5) is 25.9. The fourth-order valence-electron chi connectivity index (χ4n) is 10.6. The van der Waals surface area contributed by atoms with Crippen LogP contribution in [-0.2, 0) is 71.2 Å². The first-order valence-electron chi connectivity index (χ1n) is 26.2. The molecule has 2 amide bonds. The average molecular weight is 1190 g/mol. The Morgan fingerprint density at radius 1 is 0.321 bits per heavy atom. The van der Waals surface area contributed by atoms with Crippen molar-refractivity contribution in [2.75, 3.05) is 26.4 Å². The minimum absolute atomic E-state index is 0.820. The number of hydrogen-bond donors (Lipinski definition) is 20. The second-order valence-corrected chi connectivity index (χ2v) is 21.0. The van der Waals surface area contributed by atoms with Crippen molar-refractivity contribution in [3.8, 4) is 0 Å². The predicted molar refractivity (Wildman–Crippen MR) is 251 cm³/mol. The molecule has 7 aliphatic rings. The van der Waals surface area contributed by atoms with Crippen LogP contribution in [0.25, 0.3) is 0 Å². The van der Waals surface area contributed by atoms with E-state index >= 15 is 0 Å². The van der Waals surface area contributed by atoms with Gasteiger partial charge in [-0.1, -0.05) is 0 Å². The number of carbonyl (C=O) groups excluding carboxylic acids is 2. The van der Waals surface area contributed by atoms with Gasteiger partial charge in [-0.3, -0.25) is 9.59 Å². The van der Waals surface area contributed by atoms with Crippen LogP contribution in [0.1, 0.15) is 34.6 Å². The first kappa shape index (κ1) is 66.2. The van der Waals surface area contributed by atoms with Crippen LogP contribution in [0.4, 0.5) is 0 Å². The largest absolute Gasteiger partial charge is 0.394 e. The Hall–Kier alpha value is -2.30. The van der Waals surface area contributed by atoms with Crippen LogP contribution in [0.2, 0.25) is 0 Å². The van der Waals surface area contributed by atoms with Gasteiger partial charge >= 0.3 is 0 Å². The highest BCUT2D eigenvalue weighted by Gasteiger charge is 2.60. The maximum atomic E-state index is 13.3. The molecule has 0 aromatic carbocycles. The fourth-order valence-corrected chi connectivity index (χ4v) is 10.6. The van der Waals surface area contributed by atoms with Gasteiger partial charge in [0.2, 0.25) is 11.8 Å². The van der Waals surface area contributed by atoms with Gasteiger partial charge in [0.25, 0.3) is 0 Å². The molecule has 7 heterocycles. The number of aliphatic hydroxyl groups is 18. The van der Waals surface area contributed by atoms with E-state index in [4.69, 9.17) is 61.6 Å². The van der Waals surface area contributed by atoms with E-state index in [2.05, 4.69) is 10.6 Å². The van der Waals surface area contributed by atoms with Crippen molar-refractivity contribution in [2.45, 2.75) is 249 Å². The fraction of sp³-hybridized carbons (Fsp3) is 0.957. The molecule has 7 rings (SSSR count). The van der Waals surface area contributed by atoms with Crippen LogP contribution in [-0.4, -0.2) is 345 Å². The maximum Gasteiger partial charge on any atom is 0.217 e. The van der Waals surface area contributed by atoms with Gasteiger partial charge in [-0.2, -0.15) is 0 Å². The second-order valence-electron chi connectivity index (χ2n) is 21.0. The Labute approximate surface area is 460 Å². The third-order valence-corrected chi connectivity index (χ3v) is 15.2. The van der Waals surface area contributed by atoms with Crippen molar-refractivity contribution in [1.82, 2.24) is 10.6 Å². The molecule has 81 heavy (non-hydrogen) atoms. The summed E-state index contributed by atoms with van der Waals surface area (Å²) in [6.45, 7) is 1.70. The standard InChI is InChI=1S/C46H78N2O33/c1-10-21(55)26(60)30(64)42(69-10)76-34-17(8-51)72-40(68)19(47-13(4)53)36(34)78-45-33(67)38(25(59)16(7-50)73-45)80-41-20(48-14(5)54)37(35(18(9-52)75-41)77-43-31(65)27(61)22(56)11(2)70-43)79-46-39(29(63)24(58)15(6-49)74-46)81-44-32(66)28(62)23(57)12(3)71-44/h10-12,15-46,49-52,55-68H,6-9H2,1-5H3,(H,47,53)(H,48,54)/t10-,11-,12-,15+,16+,17+,18+,19+,20+,21+,22+,23+,24-,25-,26+,27+,28+,29-,30-,31-,32-,33+,34+,35+,36+,37+,38-,39+,40+,41-,42-,43-,44-,45-,46-/m0/s1. The van der Waals surface area contributed by atoms with E-state index in [0.717, 1.165) is 13.8 Å². The molecule has 35 atom stereocenters. The molecule has 35 heteroatoms. The van der Waals surface area contributed by atoms with E-state index in [1.54, 1.807) is 0 Å². The molecule has 7 saturated heterocycles. The molecule has 0 radical (unpaired) electrons. The second kappa shape index (κ2) is 28.0. The highest BCUT2D eigenvalue weighted by Crippen LogP contribution is 2.39. The Kier molecular flexibility index (Phi) is 22.9. The first-order valence-corrected chi connectivity index (χ1v) is 26.2. The molecule has 0 spiro atoms. The van der Waals surface area contributed by atoms with Gasteiger partial charge in [-0.05, 0) is 20.8 Å². The number of aliphatic hydroxyl groups excluding tert-OH is 18. The van der Waals surface area contributed by atoms with Crippen LogP contribution in [0.15, 0.2) is 0 Å². The zero-order chi connectivity index (χ0) is 59.8. The van der Waals surface area contributed by atoms with Crippen molar-refractivity contribution in [2.24, 2.45) is 0 Å². The number of ether oxygens (including phenoxy) is 13. The molecule has 0 aromatic rings. The molecule has 470 valence electrons. The molecular formula is C46H78N2O33. The van der Waals surface area contributed by atoms with Crippen LogP contribution < -0.4 is 10.6 Å². The van der Waals surface area contributed by atoms with Gasteiger partial charge in [0.15, 0.2) is 44.0 Å². The van der Waals surface area contributed by atoms with Gasteiger partial charge in [-0.15, -0.1) is 0 Å². The molecule has 0 saturated carbocycles. The smallest absolute Gasteiger partial charge is 0.217 e. The zero-order valence-corrected chi connectivity index (χ0v) is 44.2. The summed E-state index contributed by atoms with van der Waals surface area (Å²) < 4.78 is 77.2. The lowest BCUT2D eigenvalue weighted by atomic mass is 9.93. The lowest BCUT2D eigenvalue weighted by Gasteiger charge is -2.52. The van der Waals surface area contributed by atoms with Crippen LogP contribution >= 0.6 is 0 Å². The normalized spacial score (nSPS) is 51.8. The summed E-state index contributed by atoms with van der Waals surface area (Å²) in [6.07, 6.45) is -62.1. The number of nitrogens with one attached hydrogen (secondary N) is 2. The average Bonchev–Trinajstić information content (AvgIpc) is 3.49. The predicted octanol–water partition coefficient (Wildman–Crippen LogP) is -12.9. The van der Waals surface area contributed by atoms with Gasteiger partial charge in [-0.25, -0.2) is 0 Å². The number of carbonyl (C=O) groups is 2. The zero-order valence-electron chi connectivity index (χ0n) is 44.2. The number of amides is 2. The third kappa shape index (κ3) is 14.1. The maximum absolute atomic E-state index is 13.3. The Bertz CT molecular complexity index is 2010. The summed E-state index contributed by atoms with van der Waals surface area (Å²) in [7, 11) is 0. The minimum Gasteiger partial charge on any atom is -0.394 e. The minimum atomic E-state index is -2.33. The molecule has 7 fully saturated rings. The quantitative estimate of drug-likeness (QED) is 0.0606. The SMILES string of the molecule is CC(=O)N[C@@H]1[C@@H](O[C@@H]2O[C@H](CO)[C@H](O)[C@H](O[C@@H]3O[C@H](CO)[C@@H](O[C@@H]4O[C@@H](C)[C@@H](O)[C@@H](O)[C@@H]4O)[C@H](O[C@@H]4O[C@H](CO)[C@H](O)[C@H](O)[C@H]4O[C@@H]4O[C@@H](C)[C@@H](O)[C@@H](O)[C@@H]4O)[C@H]3NC(C)=O)[C@H]2O)[C@H](O[C@@H]2O[C@@H](C)[C@@H](O)[C@@H](O)[C@@H]2O)[C@@H](CO)O[C@H]1O. The van der Waals surface area contributed by atoms with Gasteiger partial charge in [0, 0.05) is 13.8 Å². The van der Waals surface area contributed by atoms with Crippen molar-refractivity contribution >= 4 is 11.8 Å². The number of hydrogen-bond acceptors (Lipinski definition) is 33. The highest BCUT2D eigenvalue weighted by atomic mass is 16.8. The van der Waals surface area contributed by atoms with Gasteiger partial charge in [0.05, 0.1) is 44.7 Å². The topological polar surface area (TPSA) is 542 Å². The number of rotatable bonds is 18. The summed E-state index contributed by atoms with van der Waals surface area (Å²) >= 11 is 0. The monoisotopic (exact) mass is 1190 g/mol. The molecule has 35 nitrogen and oxygen atoms in total.